The number of hydrogen-bond donors (Lipinski definition) is 0. The quantitative estimate of drug-likeness (QED) is 0.156. The minimum Gasteiger partial charge on any atom is -0.500 e. The number of hydrogen-bond acceptors (Lipinski definition) is 3. The minimum absolute atomic E-state index is 0. The largest absolute Gasteiger partial charge is 0.500 e. The SMILES string of the molecule is CC(C)(C)c1ccnc(-c2[c-]cccc2)c1.[2H]C([2H])([2H])c1c[c-]c(-c2nc3ccccc3n2-c2c(C(C)C)cc(-c3ccccc3)cc2C(C)C)c2oc3c4ccccc4ccc3c12.[Ir]. The first kappa shape index (κ1) is 38.8. The molecule has 4 nitrogen and oxygen atoms in total. The Balaban J connectivity index is 0.000000287. The van der Waals surface area contributed by atoms with E-state index in [0.29, 0.717) is 27.9 Å². The molecule has 0 aliphatic heterocycles. The van der Waals surface area contributed by atoms with Crippen LogP contribution in [-0.2, 0) is 25.5 Å². The molecular weight excluding hydrogens is 935 g/mol. The van der Waals surface area contributed by atoms with Gasteiger partial charge in [0.25, 0.3) is 0 Å². The van der Waals surface area contributed by atoms with Crippen molar-refractivity contribution >= 4 is 43.7 Å². The normalized spacial score (nSPS) is 12.6. The van der Waals surface area contributed by atoms with E-state index in [1.54, 1.807) is 6.07 Å². The van der Waals surface area contributed by atoms with Crippen LogP contribution in [0.5, 0.6) is 0 Å². The average molecular weight is 989 g/mol. The van der Waals surface area contributed by atoms with E-state index in [1.165, 1.54) is 27.8 Å². The molecule has 10 rings (SSSR count). The summed E-state index contributed by atoms with van der Waals surface area (Å²) in [6.45, 7) is 13.2. The van der Waals surface area contributed by atoms with Gasteiger partial charge in [0.1, 0.15) is 5.58 Å². The van der Waals surface area contributed by atoms with Gasteiger partial charge in [-0.3, -0.25) is 4.98 Å². The van der Waals surface area contributed by atoms with Gasteiger partial charge in [-0.2, -0.15) is 0 Å². The number of nitrogens with zero attached hydrogens (tertiary/aromatic N) is 3. The van der Waals surface area contributed by atoms with Gasteiger partial charge < -0.3 is 14.0 Å². The van der Waals surface area contributed by atoms with E-state index in [-0.39, 0.29) is 42.9 Å². The fourth-order valence-corrected chi connectivity index (χ4v) is 8.35. The summed E-state index contributed by atoms with van der Waals surface area (Å²) < 4.78 is 34.4. The smallest absolute Gasteiger partial charge is 0.128 e. The van der Waals surface area contributed by atoms with Crippen molar-refractivity contribution in [3.05, 3.63) is 186 Å². The first-order valence-corrected chi connectivity index (χ1v) is 21.1. The van der Waals surface area contributed by atoms with Gasteiger partial charge in [0.05, 0.1) is 22.4 Å². The van der Waals surface area contributed by atoms with Gasteiger partial charge in [0, 0.05) is 46.9 Å². The number of para-hydroxylation sites is 2. The molecule has 0 unspecified atom stereocenters. The number of imidazole rings is 1. The van der Waals surface area contributed by atoms with Gasteiger partial charge in [-0.15, -0.1) is 53.6 Å². The Morgan fingerprint density at radius 1 is 0.694 bits per heavy atom. The van der Waals surface area contributed by atoms with Gasteiger partial charge in [0.2, 0.25) is 0 Å². The number of benzene rings is 7. The summed E-state index contributed by atoms with van der Waals surface area (Å²) in [5.41, 5.74) is 13.1. The Labute approximate surface area is 383 Å². The maximum atomic E-state index is 8.46. The van der Waals surface area contributed by atoms with Crippen molar-refractivity contribution in [3.8, 4) is 39.5 Å². The molecule has 5 heteroatoms. The molecule has 0 fully saturated rings. The molecular formula is C57H51IrN3O-2. The van der Waals surface area contributed by atoms with E-state index in [4.69, 9.17) is 13.5 Å². The summed E-state index contributed by atoms with van der Waals surface area (Å²) in [5, 5.41) is 3.31. The third-order valence-electron chi connectivity index (χ3n) is 11.6. The Bertz CT molecular complexity index is 3280. The zero-order valence-electron chi connectivity index (χ0n) is 39.2. The number of fused-ring (bicyclic) bond motifs is 6. The molecule has 0 amide bonds. The molecule has 0 atom stereocenters. The predicted molar refractivity (Wildman–Crippen MR) is 256 cm³/mol. The average Bonchev–Trinajstić information content (AvgIpc) is 3.88. The van der Waals surface area contributed by atoms with Crippen LogP contribution in [-0.4, -0.2) is 14.5 Å². The van der Waals surface area contributed by atoms with Crippen LogP contribution in [0.2, 0.25) is 0 Å². The second-order valence-corrected chi connectivity index (χ2v) is 17.4. The fraction of sp³-hybridized carbons (Fsp3) is 0.193. The number of aromatic nitrogens is 3. The van der Waals surface area contributed by atoms with E-state index in [1.807, 2.05) is 91.1 Å². The van der Waals surface area contributed by atoms with Crippen LogP contribution in [0.25, 0.3) is 83.2 Å². The van der Waals surface area contributed by atoms with Crippen molar-refractivity contribution in [2.75, 3.05) is 0 Å². The molecule has 0 aliphatic carbocycles. The van der Waals surface area contributed by atoms with E-state index in [9.17, 15) is 0 Å². The molecule has 0 saturated carbocycles. The molecule has 0 saturated heterocycles. The van der Waals surface area contributed by atoms with Gasteiger partial charge in [-0.25, -0.2) is 0 Å². The van der Waals surface area contributed by atoms with Gasteiger partial charge in [0.15, 0.2) is 0 Å². The second-order valence-electron chi connectivity index (χ2n) is 17.4. The van der Waals surface area contributed by atoms with Crippen molar-refractivity contribution in [2.24, 2.45) is 0 Å². The van der Waals surface area contributed by atoms with E-state index in [0.717, 1.165) is 44.1 Å². The molecule has 3 heterocycles. The number of furan rings is 1. The monoisotopic (exact) mass is 989 g/mol. The van der Waals surface area contributed by atoms with Gasteiger partial charge in [-0.05, 0) is 86.5 Å². The standard InChI is InChI=1S/C42H35N2O.C15H16N.Ir/c1-25(2)34-23-30(28-13-7-6-8-14-28)24-35(26(3)4)39(34)44-37-18-12-11-17-36(37)43-42(44)33-21-19-27(5)38-32-22-20-29-15-9-10-16-31(29)40(32)45-41(33)38;1-15(2,3)13-9-10-16-14(11-13)12-7-5-4-6-8-12;/h6-20,22-26H,1-5H3;4-7,9-11H,1-3H3;/q2*-1;/i5D3;;. The van der Waals surface area contributed by atoms with Crippen LogP contribution in [0.3, 0.4) is 0 Å². The van der Waals surface area contributed by atoms with Crippen LogP contribution >= 0.6 is 0 Å². The Hall–Kier alpha value is -6.13. The zero-order valence-corrected chi connectivity index (χ0v) is 38.6. The van der Waals surface area contributed by atoms with Crippen LogP contribution in [0.4, 0.5) is 0 Å². The first-order valence-electron chi connectivity index (χ1n) is 22.6. The van der Waals surface area contributed by atoms with Crippen LogP contribution < -0.4 is 0 Å². The summed E-state index contributed by atoms with van der Waals surface area (Å²) in [7, 11) is 0. The number of rotatable bonds is 6. The van der Waals surface area contributed by atoms with Crippen molar-refractivity contribution < 1.29 is 28.6 Å². The molecule has 10 aromatic rings. The molecule has 0 spiro atoms. The molecule has 7 aromatic carbocycles. The van der Waals surface area contributed by atoms with Crippen molar-refractivity contribution in [1.82, 2.24) is 14.5 Å². The van der Waals surface area contributed by atoms with Gasteiger partial charge >= 0.3 is 0 Å². The van der Waals surface area contributed by atoms with Crippen molar-refractivity contribution in [2.45, 2.75) is 72.6 Å². The third kappa shape index (κ3) is 7.92. The maximum absolute atomic E-state index is 8.46. The summed E-state index contributed by atoms with van der Waals surface area (Å²) in [5.74, 6) is 1.07. The van der Waals surface area contributed by atoms with Crippen LogP contribution in [0.15, 0.2) is 156 Å². The molecule has 311 valence electrons. The number of pyridine rings is 1. The molecule has 1 radical (unpaired) electrons. The van der Waals surface area contributed by atoms with Crippen LogP contribution in [0, 0.1) is 19.0 Å². The maximum Gasteiger partial charge on any atom is 0.128 e. The summed E-state index contributed by atoms with van der Waals surface area (Å²) in [6.07, 6.45) is 1.87. The Morgan fingerprint density at radius 3 is 2.11 bits per heavy atom. The molecule has 0 bridgehead atoms. The van der Waals surface area contributed by atoms with E-state index < -0.39 is 6.85 Å². The third-order valence-corrected chi connectivity index (χ3v) is 11.6. The summed E-state index contributed by atoms with van der Waals surface area (Å²) in [4.78, 5) is 9.64. The second kappa shape index (κ2) is 17.3. The topological polar surface area (TPSA) is 43.9 Å². The molecule has 0 N–H and O–H groups in total. The predicted octanol–water partition coefficient (Wildman–Crippen LogP) is 15.6. The van der Waals surface area contributed by atoms with Crippen LogP contribution in [0.1, 0.15) is 86.7 Å². The Kier molecular flexibility index (Phi) is 10.8. The Morgan fingerprint density at radius 2 is 1.40 bits per heavy atom. The van der Waals surface area contributed by atoms with Gasteiger partial charge in [-0.1, -0.05) is 151 Å². The molecule has 62 heavy (non-hydrogen) atoms. The summed E-state index contributed by atoms with van der Waals surface area (Å²) in [6, 6.07) is 55.7. The van der Waals surface area contributed by atoms with E-state index in [2.05, 4.69) is 125 Å². The molecule has 0 aliphatic rings. The first-order chi connectivity index (χ1) is 30.7. The van der Waals surface area contributed by atoms with E-state index >= 15 is 0 Å². The number of aryl methyl sites for hydroxylation is 1. The molecule has 3 aromatic heterocycles. The minimum atomic E-state index is -2.36. The summed E-state index contributed by atoms with van der Waals surface area (Å²) >= 11 is 0. The van der Waals surface area contributed by atoms with Crippen molar-refractivity contribution in [3.63, 3.8) is 0 Å². The fourth-order valence-electron chi connectivity index (χ4n) is 8.35. The zero-order chi connectivity index (χ0) is 44.9. The van der Waals surface area contributed by atoms with Crippen molar-refractivity contribution in [1.29, 1.82) is 0 Å².